The molecule has 0 saturated carbocycles. The number of carbonyl (C=O) groups excluding carboxylic acids is 3. The number of ketones is 1. The fourth-order valence-corrected chi connectivity index (χ4v) is 5.11. The van der Waals surface area contributed by atoms with Gasteiger partial charge in [-0.25, -0.2) is 9.78 Å². The lowest BCUT2D eigenvalue weighted by atomic mass is 9.95. The number of nitrogens with zero attached hydrogens (tertiary/aromatic N) is 2. The summed E-state index contributed by atoms with van der Waals surface area (Å²) in [5.74, 6) is -1.69. The van der Waals surface area contributed by atoms with E-state index in [2.05, 4.69) is 4.98 Å². The molecule has 35 heavy (non-hydrogen) atoms. The van der Waals surface area contributed by atoms with Gasteiger partial charge >= 0.3 is 11.9 Å². The number of thiazole rings is 1. The number of aliphatic hydroxyl groups excluding tert-OH is 1. The topological polar surface area (TPSA) is 115 Å². The fraction of sp³-hybridized carbons (Fsp3) is 0.200. The van der Waals surface area contributed by atoms with Crippen molar-refractivity contribution in [3.63, 3.8) is 0 Å². The summed E-state index contributed by atoms with van der Waals surface area (Å²) in [6.07, 6.45) is 0. The number of aromatic nitrogens is 1. The van der Waals surface area contributed by atoms with Gasteiger partial charge < -0.3 is 19.3 Å². The Morgan fingerprint density at radius 2 is 1.83 bits per heavy atom. The van der Waals surface area contributed by atoms with Gasteiger partial charge in [0.15, 0.2) is 16.6 Å². The fourth-order valence-electron chi connectivity index (χ4n) is 4.09. The molecule has 3 heterocycles. The average molecular weight is 493 g/mol. The minimum absolute atomic E-state index is 0.0923. The SMILES string of the molecule is COC(=O)c1sc(N2C(=O)C(=O)/C(=C(/O)c3ccc4c(c3)OCCO4)C2c2ccccc2)nc1C. The van der Waals surface area contributed by atoms with Crippen LogP contribution in [0.3, 0.4) is 0 Å². The van der Waals surface area contributed by atoms with Gasteiger partial charge in [-0.15, -0.1) is 0 Å². The zero-order chi connectivity index (χ0) is 24.7. The first-order chi connectivity index (χ1) is 16.9. The normalized spacial score (nSPS) is 18.6. The van der Waals surface area contributed by atoms with Crippen molar-refractivity contribution in [2.24, 2.45) is 0 Å². The minimum Gasteiger partial charge on any atom is -0.507 e. The van der Waals surface area contributed by atoms with E-state index in [1.54, 1.807) is 55.5 Å². The summed E-state index contributed by atoms with van der Waals surface area (Å²) in [6.45, 7) is 2.39. The van der Waals surface area contributed by atoms with Crippen molar-refractivity contribution in [1.29, 1.82) is 0 Å². The molecule has 1 unspecified atom stereocenters. The van der Waals surface area contributed by atoms with E-state index >= 15 is 0 Å². The molecule has 10 heteroatoms. The highest BCUT2D eigenvalue weighted by Gasteiger charge is 2.48. The quantitative estimate of drug-likeness (QED) is 0.254. The molecular formula is C25H20N2O7S. The summed E-state index contributed by atoms with van der Waals surface area (Å²) in [5.41, 5.74) is 1.18. The summed E-state index contributed by atoms with van der Waals surface area (Å²) in [4.78, 5) is 44.5. The molecule has 0 bridgehead atoms. The number of Topliss-reactive ketones (excluding diaryl/α,β-unsaturated/α-hetero) is 1. The lowest BCUT2D eigenvalue weighted by Gasteiger charge is -2.23. The van der Waals surface area contributed by atoms with Gasteiger partial charge in [-0.3, -0.25) is 14.5 Å². The molecular weight excluding hydrogens is 472 g/mol. The lowest BCUT2D eigenvalue weighted by molar-refractivity contribution is -0.132. The highest BCUT2D eigenvalue weighted by molar-refractivity contribution is 7.17. The van der Waals surface area contributed by atoms with Crippen LogP contribution in [-0.4, -0.2) is 48.1 Å². The maximum absolute atomic E-state index is 13.3. The Labute approximate surface area is 204 Å². The minimum atomic E-state index is -0.958. The zero-order valence-corrected chi connectivity index (χ0v) is 19.6. The van der Waals surface area contributed by atoms with Crippen LogP contribution in [-0.2, 0) is 14.3 Å². The number of methoxy groups -OCH3 is 1. The van der Waals surface area contributed by atoms with Crippen LogP contribution in [0.4, 0.5) is 5.13 Å². The molecule has 1 atom stereocenters. The summed E-state index contributed by atoms with van der Waals surface area (Å²) >= 11 is 0.948. The van der Waals surface area contributed by atoms with Crippen LogP contribution in [0.1, 0.15) is 32.5 Å². The summed E-state index contributed by atoms with van der Waals surface area (Å²) in [7, 11) is 1.25. The van der Waals surface area contributed by atoms with Gasteiger partial charge in [-0.2, -0.15) is 0 Å². The highest BCUT2D eigenvalue weighted by Crippen LogP contribution is 2.44. The third-order valence-electron chi connectivity index (χ3n) is 5.74. The third kappa shape index (κ3) is 3.81. The number of aryl methyl sites for hydroxylation is 1. The first kappa shape index (κ1) is 22.6. The van der Waals surface area contributed by atoms with Crippen molar-refractivity contribution in [3.8, 4) is 11.5 Å². The van der Waals surface area contributed by atoms with Gasteiger partial charge in [0.25, 0.3) is 5.78 Å². The standard InChI is InChI=1S/C25H20N2O7S/c1-13-22(24(31)32-2)35-25(26-13)27-19(14-6-4-3-5-7-14)18(21(29)23(27)30)20(28)15-8-9-16-17(12-15)34-11-10-33-16/h3-9,12,19,28H,10-11H2,1-2H3/b20-18+. The van der Waals surface area contributed by atoms with Crippen molar-refractivity contribution >= 4 is 39.9 Å². The smallest absolute Gasteiger partial charge is 0.350 e. The second-order valence-electron chi connectivity index (χ2n) is 7.84. The first-order valence-corrected chi connectivity index (χ1v) is 11.5. The zero-order valence-electron chi connectivity index (χ0n) is 18.8. The molecule has 1 saturated heterocycles. The van der Waals surface area contributed by atoms with Crippen molar-refractivity contribution in [2.45, 2.75) is 13.0 Å². The van der Waals surface area contributed by atoms with E-state index in [0.29, 0.717) is 41.5 Å². The molecule has 0 radical (unpaired) electrons. The van der Waals surface area contributed by atoms with Crippen LogP contribution in [0.2, 0.25) is 0 Å². The molecule has 2 aromatic carbocycles. The Morgan fingerprint density at radius 1 is 1.11 bits per heavy atom. The molecule has 1 fully saturated rings. The molecule has 178 valence electrons. The van der Waals surface area contributed by atoms with Crippen LogP contribution in [0, 0.1) is 6.92 Å². The van der Waals surface area contributed by atoms with Gasteiger partial charge in [0.2, 0.25) is 0 Å². The Kier molecular flexibility index (Phi) is 5.73. The molecule has 3 aromatic rings. The number of aliphatic hydroxyl groups is 1. The van der Waals surface area contributed by atoms with Gasteiger partial charge in [0.1, 0.15) is 23.9 Å². The van der Waals surface area contributed by atoms with Crippen LogP contribution in [0.15, 0.2) is 54.1 Å². The summed E-state index contributed by atoms with van der Waals surface area (Å²) < 4.78 is 15.9. The van der Waals surface area contributed by atoms with E-state index < -0.39 is 23.7 Å². The second-order valence-corrected chi connectivity index (χ2v) is 8.82. The Bertz CT molecular complexity index is 1380. The highest BCUT2D eigenvalue weighted by atomic mass is 32.1. The van der Waals surface area contributed by atoms with Gasteiger partial charge in [-0.1, -0.05) is 41.7 Å². The maximum atomic E-state index is 13.3. The first-order valence-electron chi connectivity index (χ1n) is 10.7. The van der Waals surface area contributed by atoms with E-state index in [0.717, 1.165) is 11.3 Å². The predicted octanol–water partition coefficient (Wildman–Crippen LogP) is 3.64. The number of amides is 1. The largest absolute Gasteiger partial charge is 0.507 e. The Hall–Kier alpha value is -4.18. The summed E-state index contributed by atoms with van der Waals surface area (Å²) in [6, 6.07) is 12.7. The van der Waals surface area contributed by atoms with E-state index in [4.69, 9.17) is 14.2 Å². The number of benzene rings is 2. The molecule has 1 aromatic heterocycles. The molecule has 5 rings (SSSR count). The molecule has 1 amide bonds. The van der Waals surface area contributed by atoms with Crippen LogP contribution >= 0.6 is 11.3 Å². The molecule has 1 N–H and O–H groups in total. The van der Waals surface area contributed by atoms with E-state index in [1.807, 2.05) is 0 Å². The van der Waals surface area contributed by atoms with Crippen molar-refractivity contribution < 1.29 is 33.7 Å². The van der Waals surface area contributed by atoms with Crippen LogP contribution in [0.25, 0.3) is 5.76 Å². The molecule has 9 nitrogen and oxygen atoms in total. The monoisotopic (exact) mass is 492 g/mol. The molecule has 2 aliphatic heterocycles. The number of hydrogen-bond donors (Lipinski definition) is 1. The molecule has 0 spiro atoms. The number of carbonyl (C=O) groups is 3. The van der Waals surface area contributed by atoms with Crippen LogP contribution in [0.5, 0.6) is 11.5 Å². The van der Waals surface area contributed by atoms with Crippen molar-refractivity contribution in [2.75, 3.05) is 25.2 Å². The van der Waals surface area contributed by atoms with E-state index in [1.165, 1.54) is 12.0 Å². The Balaban J connectivity index is 1.67. The number of anilines is 1. The lowest BCUT2D eigenvalue weighted by Crippen LogP contribution is -2.29. The third-order valence-corrected chi connectivity index (χ3v) is 6.87. The number of ether oxygens (including phenoxy) is 3. The number of fused-ring (bicyclic) bond motifs is 1. The molecule has 2 aliphatic rings. The van der Waals surface area contributed by atoms with E-state index in [9.17, 15) is 19.5 Å². The maximum Gasteiger partial charge on any atom is 0.350 e. The van der Waals surface area contributed by atoms with Crippen LogP contribution < -0.4 is 14.4 Å². The second kappa shape index (κ2) is 8.88. The van der Waals surface area contributed by atoms with Gasteiger partial charge in [-0.05, 0) is 30.7 Å². The predicted molar refractivity (Wildman–Crippen MR) is 127 cm³/mol. The van der Waals surface area contributed by atoms with E-state index in [-0.39, 0.29) is 21.3 Å². The Morgan fingerprint density at radius 3 is 2.54 bits per heavy atom. The van der Waals surface area contributed by atoms with Gasteiger partial charge in [0.05, 0.1) is 24.4 Å². The number of esters is 1. The average Bonchev–Trinajstić information content (AvgIpc) is 3.40. The number of rotatable bonds is 4. The summed E-state index contributed by atoms with van der Waals surface area (Å²) in [5, 5.41) is 11.4. The van der Waals surface area contributed by atoms with Gasteiger partial charge in [0, 0.05) is 5.56 Å². The number of hydrogen-bond acceptors (Lipinski definition) is 9. The van der Waals surface area contributed by atoms with Crippen molar-refractivity contribution in [3.05, 3.63) is 75.8 Å². The van der Waals surface area contributed by atoms with Crippen molar-refractivity contribution in [1.82, 2.24) is 4.98 Å². The molecule has 0 aliphatic carbocycles.